The van der Waals surface area contributed by atoms with Crippen LogP contribution in [0, 0.1) is 11.8 Å². The van der Waals surface area contributed by atoms with Gasteiger partial charge in [0, 0.05) is 11.7 Å². The maximum Gasteiger partial charge on any atom is 0.234 e. The third kappa shape index (κ3) is 1.83. The van der Waals surface area contributed by atoms with Crippen LogP contribution < -0.4 is 10.2 Å². The second-order valence-electron chi connectivity index (χ2n) is 6.94. The summed E-state index contributed by atoms with van der Waals surface area (Å²) in [6.45, 7) is 0.487. The molecule has 0 unspecified atom stereocenters. The van der Waals surface area contributed by atoms with Gasteiger partial charge in [0.1, 0.15) is 5.60 Å². The topological polar surface area (TPSA) is 58.6 Å². The summed E-state index contributed by atoms with van der Waals surface area (Å²) in [7, 11) is 0. The molecule has 1 aromatic rings. The van der Waals surface area contributed by atoms with E-state index < -0.39 is 17.4 Å². The van der Waals surface area contributed by atoms with Gasteiger partial charge in [0.2, 0.25) is 11.8 Å². The van der Waals surface area contributed by atoms with Gasteiger partial charge in [-0.15, -0.1) is 0 Å². The van der Waals surface area contributed by atoms with Crippen LogP contribution in [-0.2, 0) is 14.3 Å². The van der Waals surface area contributed by atoms with Gasteiger partial charge in [-0.3, -0.25) is 9.59 Å². The lowest BCUT2D eigenvalue weighted by Crippen LogP contribution is -2.44. The van der Waals surface area contributed by atoms with Crippen LogP contribution in [0.2, 0.25) is 0 Å². The highest BCUT2D eigenvalue weighted by Gasteiger charge is 2.67. The molecule has 3 heterocycles. The Bertz CT molecular complexity index is 712. The number of nitrogens with one attached hydrogen (secondary N) is 1. The average Bonchev–Trinajstić information content (AvgIpc) is 3.09. The first-order chi connectivity index (χ1) is 11.2. The highest BCUT2D eigenvalue weighted by Crippen LogP contribution is 2.52. The summed E-state index contributed by atoms with van der Waals surface area (Å²) >= 11 is 0. The van der Waals surface area contributed by atoms with Crippen LogP contribution in [0.15, 0.2) is 42.5 Å². The Morgan fingerprint density at radius 3 is 2.78 bits per heavy atom. The zero-order valence-corrected chi connectivity index (χ0v) is 12.6. The Labute approximate surface area is 134 Å². The summed E-state index contributed by atoms with van der Waals surface area (Å²) in [5.41, 5.74) is 0.228. The number of carbonyl (C=O) groups is 2. The fourth-order valence-corrected chi connectivity index (χ4v) is 4.15. The first-order valence-electron chi connectivity index (χ1n) is 8.22. The fourth-order valence-electron chi connectivity index (χ4n) is 4.15. The van der Waals surface area contributed by atoms with Crippen LogP contribution in [0.4, 0.5) is 5.69 Å². The molecule has 1 aliphatic carbocycles. The Morgan fingerprint density at radius 2 is 2.04 bits per heavy atom. The van der Waals surface area contributed by atoms with Gasteiger partial charge in [-0.25, -0.2) is 0 Å². The second-order valence-corrected chi connectivity index (χ2v) is 6.94. The number of hydrogen-bond donors (Lipinski definition) is 1. The van der Waals surface area contributed by atoms with Crippen molar-refractivity contribution in [3.05, 3.63) is 42.5 Å². The molecule has 5 nitrogen and oxygen atoms in total. The number of para-hydroxylation sites is 1. The van der Waals surface area contributed by atoms with E-state index in [1.54, 1.807) is 4.90 Å². The van der Waals surface area contributed by atoms with E-state index in [-0.39, 0.29) is 17.9 Å². The summed E-state index contributed by atoms with van der Waals surface area (Å²) in [5.74, 6) is -0.839. The summed E-state index contributed by atoms with van der Waals surface area (Å²) in [6, 6.07) is 9.90. The molecule has 4 atom stereocenters. The molecular formula is C18H18N2O3. The number of fused-ring (bicyclic) bond motifs is 1. The number of carbonyl (C=O) groups excluding carboxylic acids is 2. The Hall–Kier alpha value is -2.14. The zero-order valence-electron chi connectivity index (χ0n) is 12.6. The smallest absolute Gasteiger partial charge is 0.234 e. The van der Waals surface area contributed by atoms with Gasteiger partial charge >= 0.3 is 0 Å². The highest BCUT2D eigenvalue weighted by atomic mass is 16.5. The molecule has 0 radical (unpaired) electrons. The lowest BCUT2D eigenvalue weighted by Gasteiger charge is -2.23. The van der Waals surface area contributed by atoms with E-state index in [0.717, 1.165) is 18.5 Å². The molecule has 1 saturated carbocycles. The van der Waals surface area contributed by atoms with Crippen LogP contribution in [-0.4, -0.2) is 36.1 Å². The molecule has 1 aromatic carbocycles. The number of amides is 2. The minimum Gasteiger partial charge on any atom is -0.360 e. The van der Waals surface area contributed by atoms with Gasteiger partial charge in [0.15, 0.2) is 0 Å². The van der Waals surface area contributed by atoms with Gasteiger partial charge in [0.25, 0.3) is 0 Å². The largest absolute Gasteiger partial charge is 0.360 e. The molecule has 118 valence electrons. The molecule has 5 heteroatoms. The van der Waals surface area contributed by atoms with Crippen LogP contribution in [0.1, 0.15) is 12.8 Å². The van der Waals surface area contributed by atoms with Crippen molar-refractivity contribution in [1.82, 2.24) is 5.32 Å². The first-order valence-corrected chi connectivity index (χ1v) is 8.22. The third-order valence-corrected chi connectivity index (χ3v) is 5.39. The third-order valence-electron chi connectivity index (χ3n) is 5.39. The Balaban J connectivity index is 1.48. The normalized spacial score (nSPS) is 37.3. The van der Waals surface area contributed by atoms with Crippen molar-refractivity contribution >= 4 is 17.5 Å². The predicted molar refractivity (Wildman–Crippen MR) is 83.7 cm³/mol. The van der Waals surface area contributed by atoms with Crippen molar-refractivity contribution in [2.45, 2.75) is 30.6 Å². The minimum atomic E-state index is -0.636. The summed E-state index contributed by atoms with van der Waals surface area (Å²) < 4.78 is 6.11. The lowest BCUT2D eigenvalue weighted by atomic mass is 9.77. The van der Waals surface area contributed by atoms with Crippen LogP contribution in [0.5, 0.6) is 0 Å². The minimum absolute atomic E-state index is 0.000929. The van der Waals surface area contributed by atoms with E-state index in [4.69, 9.17) is 4.74 Å². The van der Waals surface area contributed by atoms with Gasteiger partial charge in [-0.05, 0) is 25.0 Å². The van der Waals surface area contributed by atoms with Gasteiger partial charge in [-0.2, -0.15) is 0 Å². The van der Waals surface area contributed by atoms with E-state index in [0.29, 0.717) is 12.6 Å². The molecule has 1 N–H and O–H groups in total. The van der Waals surface area contributed by atoms with Crippen molar-refractivity contribution in [2.75, 3.05) is 11.4 Å². The number of anilines is 1. The van der Waals surface area contributed by atoms with Crippen LogP contribution >= 0.6 is 0 Å². The molecule has 5 rings (SSSR count). The lowest BCUT2D eigenvalue weighted by molar-refractivity contribution is -0.132. The average molecular weight is 310 g/mol. The molecule has 1 spiro atoms. The number of ether oxygens (including phenoxy) is 1. The quantitative estimate of drug-likeness (QED) is 0.855. The maximum absolute atomic E-state index is 13.0. The van der Waals surface area contributed by atoms with Gasteiger partial charge in [-0.1, -0.05) is 30.4 Å². The fraction of sp³-hybridized carbons (Fsp3) is 0.444. The number of rotatable bonds is 3. The van der Waals surface area contributed by atoms with Gasteiger partial charge < -0.3 is 15.0 Å². The molecule has 3 fully saturated rings. The molecule has 0 aromatic heterocycles. The molecular weight excluding hydrogens is 292 g/mol. The molecule has 23 heavy (non-hydrogen) atoms. The van der Waals surface area contributed by atoms with Crippen molar-refractivity contribution in [3.8, 4) is 0 Å². The van der Waals surface area contributed by atoms with Crippen molar-refractivity contribution in [1.29, 1.82) is 0 Å². The summed E-state index contributed by atoms with van der Waals surface area (Å²) in [5, 5.41) is 3.04. The summed E-state index contributed by atoms with van der Waals surface area (Å²) in [4.78, 5) is 27.4. The van der Waals surface area contributed by atoms with Crippen LogP contribution in [0.3, 0.4) is 0 Å². The second kappa shape index (κ2) is 4.45. The number of hydrogen-bond acceptors (Lipinski definition) is 3. The highest BCUT2D eigenvalue weighted by molar-refractivity contribution is 6.03. The van der Waals surface area contributed by atoms with E-state index in [1.807, 2.05) is 42.5 Å². The number of benzene rings is 1. The Kier molecular flexibility index (Phi) is 2.57. The van der Waals surface area contributed by atoms with Crippen molar-refractivity contribution in [3.63, 3.8) is 0 Å². The number of nitrogens with zero attached hydrogens (tertiary/aromatic N) is 1. The monoisotopic (exact) mass is 310 g/mol. The van der Waals surface area contributed by atoms with Crippen molar-refractivity contribution < 1.29 is 14.3 Å². The molecule has 3 aliphatic heterocycles. The molecule has 2 saturated heterocycles. The SMILES string of the molecule is O=C(NC1CC1)[C@@H]1[C@H]2C=C[C@]3(CN(c4ccccc4)C(=O)[C@@H]13)O2. The maximum atomic E-state index is 13.0. The van der Waals surface area contributed by atoms with E-state index >= 15 is 0 Å². The summed E-state index contributed by atoms with van der Waals surface area (Å²) in [6.07, 6.45) is 5.76. The van der Waals surface area contributed by atoms with Gasteiger partial charge in [0.05, 0.1) is 24.5 Å². The van der Waals surface area contributed by atoms with E-state index in [2.05, 4.69) is 5.32 Å². The first kappa shape index (κ1) is 13.3. The molecule has 4 aliphatic rings. The van der Waals surface area contributed by atoms with E-state index in [1.165, 1.54) is 0 Å². The molecule has 2 amide bonds. The predicted octanol–water partition coefficient (Wildman–Crippen LogP) is 1.25. The van der Waals surface area contributed by atoms with Crippen molar-refractivity contribution in [2.24, 2.45) is 11.8 Å². The van der Waals surface area contributed by atoms with E-state index in [9.17, 15) is 9.59 Å². The molecule has 2 bridgehead atoms. The Morgan fingerprint density at radius 1 is 1.26 bits per heavy atom. The van der Waals surface area contributed by atoms with Crippen LogP contribution in [0.25, 0.3) is 0 Å². The zero-order chi connectivity index (χ0) is 15.6. The standard InChI is InChI=1S/C18H18N2O3/c21-16(19-11-6-7-11)14-13-8-9-18(23-13)10-20(17(22)15(14)18)12-4-2-1-3-5-12/h1-5,8-9,11,13-15H,6-7,10H2,(H,19,21)/t13-,14-,15-,18-/m1/s1.